The molecular formula is C19H24N2O5S. The van der Waals surface area contributed by atoms with E-state index in [4.69, 9.17) is 9.47 Å². The highest BCUT2D eigenvalue weighted by Gasteiger charge is 2.13. The fraction of sp³-hybridized carbons (Fsp3) is 0.316. The standard InChI is InChI=1S/C19H24N2O5S/c1-15-7-9-16(10-8-15)27(23,24)21-12-11-19(22)20-13-14-26-18-6-4-3-5-17(18)25-2/h3-10,21H,11-14H2,1-2H3,(H,20,22). The van der Waals surface area contributed by atoms with Gasteiger partial charge in [-0.1, -0.05) is 29.8 Å². The van der Waals surface area contributed by atoms with Gasteiger partial charge in [-0.15, -0.1) is 0 Å². The van der Waals surface area contributed by atoms with E-state index in [1.807, 2.05) is 19.1 Å². The molecule has 2 N–H and O–H groups in total. The van der Waals surface area contributed by atoms with Crippen molar-refractivity contribution in [3.8, 4) is 11.5 Å². The summed E-state index contributed by atoms with van der Waals surface area (Å²) in [6, 6.07) is 13.8. The lowest BCUT2D eigenvalue weighted by molar-refractivity contribution is -0.121. The molecule has 0 unspecified atom stereocenters. The molecule has 0 aromatic heterocycles. The van der Waals surface area contributed by atoms with Gasteiger partial charge in [0.25, 0.3) is 0 Å². The van der Waals surface area contributed by atoms with E-state index in [2.05, 4.69) is 10.0 Å². The minimum absolute atomic E-state index is 0.0232. The van der Waals surface area contributed by atoms with Crippen LogP contribution in [0.25, 0.3) is 0 Å². The SMILES string of the molecule is COc1ccccc1OCCNC(=O)CCNS(=O)(=O)c1ccc(C)cc1. The molecule has 146 valence electrons. The molecule has 0 aliphatic rings. The number of carbonyl (C=O) groups is 1. The normalized spacial score (nSPS) is 11.0. The first-order chi connectivity index (χ1) is 12.9. The van der Waals surface area contributed by atoms with Crippen LogP contribution in [0.4, 0.5) is 0 Å². The van der Waals surface area contributed by atoms with Crippen molar-refractivity contribution in [3.05, 3.63) is 54.1 Å². The van der Waals surface area contributed by atoms with E-state index in [1.165, 1.54) is 12.1 Å². The van der Waals surface area contributed by atoms with Crippen molar-refractivity contribution in [2.75, 3.05) is 26.8 Å². The van der Waals surface area contributed by atoms with E-state index in [1.54, 1.807) is 31.4 Å². The van der Waals surface area contributed by atoms with Crippen LogP contribution >= 0.6 is 0 Å². The number of ether oxygens (including phenoxy) is 2. The van der Waals surface area contributed by atoms with Crippen LogP contribution in [-0.2, 0) is 14.8 Å². The lowest BCUT2D eigenvalue weighted by Gasteiger charge is -2.11. The Morgan fingerprint density at radius 2 is 1.67 bits per heavy atom. The highest BCUT2D eigenvalue weighted by molar-refractivity contribution is 7.89. The third kappa shape index (κ3) is 6.58. The summed E-state index contributed by atoms with van der Waals surface area (Å²) in [5, 5.41) is 2.68. The summed E-state index contributed by atoms with van der Waals surface area (Å²) >= 11 is 0. The van der Waals surface area contributed by atoms with Crippen LogP contribution in [0, 0.1) is 6.92 Å². The zero-order chi connectivity index (χ0) is 19.7. The second kappa shape index (κ2) is 9.94. The molecule has 0 saturated carbocycles. The number of aryl methyl sites for hydroxylation is 1. The first kappa shape index (κ1) is 20.7. The summed E-state index contributed by atoms with van der Waals surface area (Å²) in [6.45, 7) is 2.49. The van der Waals surface area contributed by atoms with E-state index < -0.39 is 10.0 Å². The molecule has 0 heterocycles. The maximum atomic E-state index is 12.1. The number of para-hydroxylation sites is 2. The van der Waals surface area contributed by atoms with Crippen molar-refractivity contribution in [1.29, 1.82) is 0 Å². The lowest BCUT2D eigenvalue weighted by Crippen LogP contribution is -2.32. The Labute approximate surface area is 159 Å². The second-order valence-electron chi connectivity index (χ2n) is 5.81. The van der Waals surface area contributed by atoms with Gasteiger partial charge in [-0.2, -0.15) is 0 Å². The molecule has 7 nitrogen and oxygen atoms in total. The van der Waals surface area contributed by atoms with Crippen LogP contribution in [0.5, 0.6) is 11.5 Å². The maximum absolute atomic E-state index is 12.1. The molecule has 27 heavy (non-hydrogen) atoms. The van der Waals surface area contributed by atoms with Crippen LogP contribution in [0.15, 0.2) is 53.4 Å². The zero-order valence-corrected chi connectivity index (χ0v) is 16.2. The van der Waals surface area contributed by atoms with E-state index >= 15 is 0 Å². The van der Waals surface area contributed by atoms with E-state index in [-0.39, 0.29) is 30.4 Å². The van der Waals surface area contributed by atoms with Crippen LogP contribution < -0.4 is 19.5 Å². The first-order valence-electron chi connectivity index (χ1n) is 8.51. The van der Waals surface area contributed by atoms with Gasteiger partial charge in [-0.25, -0.2) is 13.1 Å². The Morgan fingerprint density at radius 1 is 1.00 bits per heavy atom. The average Bonchev–Trinajstić information content (AvgIpc) is 2.65. The van der Waals surface area contributed by atoms with Crippen LogP contribution in [0.2, 0.25) is 0 Å². The minimum atomic E-state index is -3.61. The molecule has 0 spiro atoms. The van der Waals surface area contributed by atoms with Crippen molar-refractivity contribution in [1.82, 2.24) is 10.0 Å². The summed E-state index contributed by atoms with van der Waals surface area (Å²) < 4.78 is 37.4. The van der Waals surface area contributed by atoms with Gasteiger partial charge in [-0.05, 0) is 31.2 Å². The Morgan fingerprint density at radius 3 is 2.33 bits per heavy atom. The minimum Gasteiger partial charge on any atom is -0.493 e. The molecule has 2 rings (SSSR count). The smallest absolute Gasteiger partial charge is 0.240 e. The second-order valence-corrected chi connectivity index (χ2v) is 7.58. The predicted octanol–water partition coefficient (Wildman–Crippen LogP) is 1.87. The maximum Gasteiger partial charge on any atom is 0.240 e. The summed E-state index contributed by atoms with van der Waals surface area (Å²) in [7, 11) is -2.05. The number of hydrogen-bond acceptors (Lipinski definition) is 5. The van der Waals surface area contributed by atoms with Gasteiger partial charge in [0.1, 0.15) is 6.61 Å². The average molecular weight is 392 g/mol. The van der Waals surface area contributed by atoms with E-state index in [0.29, 0.717) is 18.0 Å². The molecule has 2 aromatic rings. The number of nitrogens with one attached hydrogen (secondary N) is 2. The topological polar surface area (TPSA) is 93.7 Å². The quantitative estimate of drug-likeness (QED) is 0.602. The Kier molecular flexibility index (Phi) is 7.63. The molecule has 0 fully saturated rings. The van der Waals surface area contributed by atoms with E-state index in [9.17, 15) is 13.2 Å². The first-order valence-corrected chi connectivity index (χ1v) is 9.99. The Balaban J connectivity index is 1.68. The highest BCUT2D eigenvalue weighted by Crippen LogP contribution is 2.25. The van der Waals surface area contributed by atoms with Gasteiger partial charge >= 0.3 is 0 Å². The van der Waals surface area contributed by atoms with Gasteiger partial charge in [0.15, 0.2) is 11.5 Å². The molecular weight excluding hydrogens is 368 g/mol. The van der Waals surface area contributed by atoms with Gasteiger partial charge in [0.05, 0.1) is 18.6 Å². The highest BCUT2D eigenvalue weighted by atomic mass is 32.2. The summed E-state index contributed by atoms with van der Waals surface area (Å²) in [5.74, 6) is 0.958. The number of methoxy groups -OCH3 is 1. The molecule has 0 bridgehead atoms. The summed E-state index contributed by atoms with van der Waals surface area (Å²) in [5.41, 5.74) is 0.976. The molecule has 1 amide bonds. The fourth-order valence-electron chi connectivity index (χ4n) is 2.28. The van der Waals surface area contributed by atoms with Crippen LogP contribution in [-0.4, -0.2) is 41.1 Å². The molecule has 2 aromatic carbocycles. The third-order valence-corrected chi connectivity index (χ3v) is 5.20. The largest absolute Gasteiger partial charge is 0.493 e. The summed E-state index contributed by atoms with van der Waals surface area (Å²) in [6.07, 6.45) is 0.0414. The van der Waals surface area contributed by atoms with Crippen LogP contribution in [0.1, 0.15) is 12.0 Å². The Hall–Kier alpha value is -2.58. The van der Waals surface area contributed by atoms with Gasteiger partial charge in [-0.3, -0.25) is 4.79 Å². The molecule has 8 heteroatoms. The van der Waals surface area contributed by atoms with Crippen molar-refractivity contribution in [2.45, 2.75) is 18.2 Å². The number of rotatable bonds is 10. The monoisotopic (exact) mass is 392 g/mol. The van der Waals surface area contributed by atoms with Crippen molar-refractivity contribution < 1.29 is 22.7 Å². The van der Waals surface area contributed by atoms with Crippen LogP contribution in [0.3, 0.4) is 0 Å². The van der Waals surface area contributed by atoms with Crippen molar-refractivity contribution >= 4 is 15.9 Å². The zero-order valence-electron chi connectivity index (χ0n) is 15.4. The van der Waals surface area contributed by atoms with E-state index in [0.717, 1.165) is 5.56 Å². The van der Waals surface area contributed by atoms with Crippen molar-refractivity contribution in [2.24, 2.45) is 0 Å². The molecule has 0 atom stereocenters. The number of carbonyl (C=O) groups excluding carboxylic acids is 1. The Bertz CT molecular complexity index is 851. The molecule has 0 aliphatic heterocycles. The van der Waals surface area contributed by atoms with Gasteiger partial charge < -0.3 is 14.8 Å². The number of benzene rings is 2. The molecule has 0 aliphatic carbocycles. The molecule has 0 saturated heterocycles. The molecule has 0 radical (unpaired) electrons. The van der Waals surface area contributed by atoms with Crippen molar-refractivity contribution in [3.63, 3.8) is 0 Å². The number of amides is 1. The third-order valence-electron chi connectivity index (χ3n) is 3.73. The fourth-order valence-corrected chi connectivity index (χ4v) is 3.31. The van der Waals surface area contributed by atoms with Gasteiger partial charge in [0, 0.05) is 13.0 Å². The van der Waals surface area contributed by atoms with Gasteiger partial charge in [0.2, 0.25) is 15.9 Å². The lowest BCUT2D eigenvalue weighted by atomic mass is 10.2. The summed E-state index contributed by atoms with van der Waals surface area (Å²) in [4.78, 5) is 12.0. The predicted molar refractivity (Wildman–Crippen MR) is 102 cm³/mol. The number of hydrogen-bond donors (Lipinski definition) is 2. The number of sulfonamides is 1.